The van der Waals surface area contributed by atoms with Crippen LogP contribution in [0.1, 0.15) is 50.5 Å². The van der Waals surface area contributed by atoms with Crippen LogP contribution in [0.3, 0.4) is 0 Å². The van der Waals surface area contributed by atoms with Gasteiger partial charge < -0.3 is 20.7 Å². The minimum atomic E-state index is -0.462. The third-order valence-corrected chi connectivity index (χ3v) is 6.68. The second-order valence-corrected chi connectivity index (χ2v) is 10.5. The molecule has 4 rings (SSSR count). The Balaban J connectivity index is 1.52. The van der Waals surface area contributed by atoms with Crippen LogP contribution in [0.25, 0.3) is 0 Å². The lowest BCUT2D eigenvalue weighted by Crippen LogP contribution is -2.69. The number of hydrogen-bond donors (Lipinski definition) is 3. The number of hydrogen-bond acceptors (Lipinski definition) is 6. The van der Waals surface area contributed by atoms with Crippen molar-refractivity contribution < 1.29 is 14.5 Å². The van der Waals surface area contributed by atoms with Gasteiger partial charge in [-0.3, -0.25) is 10.4 Å². The van der Waals surface area contributed by atoms with Gasteiger partial charge in [0.2, 0.25) is 5.71 Å². The predicted octanol–water partition coefficient (Wildman–Crippen LogP) is 3.82. The van der Waals surface area contributed by atoms with Gasteiger partial charge >= 0.3 is 0 Å². The highest BCUT2D eigenvalue weighted by molar-refractivity contribution is 6.35. The minimum Gasteiger partial charge on any atom is -0.486 e. The maximum atomic E-state index is 15.0. The van der Waals surface area contributed by atoms with Crippen molar-refractivity contribution in [2.24, 2.45) is 0 Å². The van der Waals surface area contributed by atoms with Crippen molar-refractivity contribution in [3.63, 3.8) is 0 Å². The molecule has 1 fully saturated rings. The van der Waals surface area contributed by atoms with Crippen molar-refractivity contribution in [2.75, 3.05) is 23.7 Å². The second-order valence-electron chi connectivity index (χ2n) is 9.68. The number of nitrogen functional groups attached to an aromatic ring is 1. The molecule has 0 amide bonds. The number of aromatic nitrogens is 2. The molecule has 1 aliphatic heterocycles. The summed E-state index contributed by atoms with van der Waals surface area (Å²) in [4.78, 5) is 10.2. The number of pyridine rings is 2. The quantitative estimate of drug-likeness (QED) is 0.301. The van der Waals surface area contributed by atoms with E-state index in [0.717, 1.165) is 0 Å². The smallest absolute Gasteiger partial charge is 0.215 e. The zero-order valence-electron chi connectivity index (χ0n) is 20.6. The molecule has 190 valence electrons. The standard InChI is InChI=1S/C26H29Cl2FN6O/c1-14(2)34-26(4)12-35(13-26)25-21(29)7-16(9-33-25)24(31)18-8-17(5-6-22(18)30)36-15(3)23-19(27)10-32-11-20(23)28/h5-11,14-15,31,34H,12-13,30H2,1-4H3/p+1/t15-/m1/s1. The van der Waals surface area contributed by atoms with Gasteiger partial charge in [0.15, 0.2) is 11.6 Å². The number of nitrogens with one attached hydrogen (secondary N) is 1. The average Bonchev–Trinajstić information content (AvgIpc) is 2.77. The Bertz CT molecular complexity index is 1280. The van der Waals surface area contributed by atoms with E-state index in [-0.39, 0.29) is 5.54 Å². The lowest BCUT2D eigenvalue weighted by atomic mass is 9.91. The van der Waals surface area contributed by atoms with Gasteiger partial charge in [-0.05, 0) is 38.1 Å². The van der Waals surface area contributed by atoms with E-state index in [1.807, 2.05) is 11.8 Å². The number of benzene rings is 1. The number of halogens is 3. The van der Waals surface area contributed by atoms with Crippen LogP contribution in [-0.4, -0.2) is 40.3 Å². The van der Waals surface area contributed by atoms with E-state index in [9.17, 15) is 0 Å². The second kappa shape index (κ2) is 10.2. The molecule has 1 aromatic carbocycles. The molecule has 0 spiro atoms. The first-order chi connectivity index (χ1) is 17.0. The third-order valence-electron chi connectivity index (χ3n) is 6.07. The molecule has 1 aliphatic rings. The monoisotopic (exact) mass is 531 g/mol. The number of nitrogens with two attached hydrogens (primary N) is 2. The first-order valence-electron chi connectivity index (χ1n) is 11.6. The van der Waals surface area contributed by atoms with E-state index in [4.69, 9.17) is 39.1 Å². The molecular weight excluding hydrogens is 502 g/mol. The first-order valence-corrected chi connectivity index (χ1v) is 12.4. The minimum absolute atomic E-state index is 0.0666. The molecule has 0 radical (unpaired) electrons. The zero-order chi connectivity index (χ0) is 26.2. The Morgan fingerprint density at radius 1 is 1.17 bits per heavy atom. The van der Waals surface area contributed by atoms with Crippen LogP contribution in [0.15, 0.2) is 42.9 Å². The van der Waals surface area contributed by atoms with Crippen LogP contribution in [0, 0.1) is 5.82 Å². The summed E-state index contributed by atoms with van der Waals surface area (Å²) in [7, 11) is 0. The number of ether oxygens (including phenoxy) is 1. The molecule has 0 aliphatic carbocycles. The zero-order valence-corrected chi connectivity index (χ0v) is 22.2. The van der Waals surface area contributed by atoms with Crippen LogP contribution >= 0.6 is 23.2 Å². The predicted molar refractivity (Wildman–Crippen MR) is 142 cm³/mol. The SMILES string of the molecule is CC(C)NC1(C)CN(c2ncc(C(=[NH2+])c3cc(O[C@H](C)c4c(Cl)cncc4Cl)ccc3N)cc2F)C1. The Morgan fingerprint density at radius 3 is 2.44 bits per heavy atom. The summed E-state index contributed by atoms with van der Waals surface area (Å²) in [5.41, 5.74) is 8.41. The van der Waals surface area contributed by atoms with Gasteiger partial charge in [-0.15, -0.1) is 0 Å². The van der Waals surface area contributed by atoms with Crippen LogP contribution in [0.2, 0.25) is 10.0 Å². The highest BCUT2D eigenvalue weighted by Gasteiger charge is 2.40. The molecule has 7 nitrogen and oxygen atoms in total. The van der Waals surface area contributed by atoms with Gasteiger partial charge in [-0.1, -0.05) is 37.0 Å². The molecule has 0 saturated carbocycles. The van der Waals surface area contributed by atoms with Crippen LogP contribution in [0.5, 0.6) is 5.75 Å². The molecule has 36 heavy (non-hydrogen) atoms. The molecule has 0 unspecified atom stereocenters. The van der Waals surface area contributed by atoms with E-state index < -0.39 is 11.9 Å². The summed E-state index contributed by atoms with van der Waals surface area (Å²) in [5.74, 6) is 0.365. The maximum Gasteiger partial charge on any atom is 0.215 e. The Morgan fingerprint density at radius 2 is 1.83 bits per heavy atom. The Hall–Kier alpha value is -2.94. The van der Waals surface area contributed by atoms with Gasteiger partial charge in [0, 0.05) is 49.0 Å². The summed E-state index contributed by atoms with van der Waals surface area (Å²) in [6.07, 6.45) is 4.12. The summed E-state index contributed by atoms with van der Waals surface area (Å²) < 4.78 is 21.1. The fraction of sp³-hybridized carbons (Fsp3) is 0.346. The van der Waals surface area contributed by atoms with Crippen molar-refractivity contribution in [3.8, 4) is 5.75 Å². The number of nitrogens with zero attached hydrogens (tertiary/aromatic N) is 3. The fourth-order valence-electron chi connectivity index (χ4n) is 4.62. The van der Waals surface area contributed by atoms with Crippen LogP contribution in [0.4, 0.5) is 15.9 Å². The van der Waals surface area contributed by atoms with E-state index in [0.29, 0.717) is 68.8 Å². The summed E-state index contributed by atoms with van der Waals surface area (Å²) >= 11 is 12.5. The Labute approximate surface area is 220 Å². The van der Waals surface area contributed by atoms with Crippen molar-refractivity contribution in [2.45, 2.75) is 45.4 Å². The topological polar surface area (TPSA) is 102 Å². The van der Waals surface area contributed by atoms with Gasteiger partial charge in [0.05, 0.1) is 26.7 Å². The lowest BCUT2D eigenvalue weighted by Gasteiger charge is -2.50. The highest BCUT2D eigenvalue weighted by atomic mass is 35.5. The van der Waals surface area contributed by atoms with Crippen molar-refractivity contribution >= 4 is 40.4 Å². The van der Waals surface area contributed by atoms with E-state index >= 15 is 4.39 Å². The molecular formula is C26H30Cl2FN6O+. The van der Waals surface area contributed by atoms with Crippen molar-refractivity contribution in [3.05, 3.63) is 75.4 Å². The van der Waals surface area contributed by atoms with Crippen molar-refractivity contribution in [1.82, 2.24) is 15.3 Å². The van der Waals surface area contributed by atoms with Crippen LogP contribution in [-0.2, 0) is 0 Å². The highest BCUT2D eigenvalue weighted by Crippen LogP contribution is 2.34. The average molecular weight is 532 g/mol. The molecule has 1 saturated heterocycles. The Kier molecular flexibility index (Phi) is 7.41. The lowest BCUT2D eigenvalue weighted by molar-refractivity contribution is -0.111. The summed E-state index contributed by atoms with van der Waals surface area (Å²) in [6, 6.07) is 6.84. The van der Waals surface area contributed by atoms with E-state index in [1.54, 1.807) is 24.4 Å². The summed E-state index contributed by atoms with van der Waals surface area (Å²) in [6.45, 7) is 9.47. The molecule has 1 atom stereocenters. The van der Waals surface area contributed by atoms with Crippen LogP contribution < -0.4 is 26.1 Å². The maximum absolute atomic E-state index is 15.0. The van der Waals surface area contributed by atoms with Gasteiger partial charge in [-0.2, -0.15) is 0 Å². The van der Waals surface area contributed by atoms with E-state index in [2.05, 4.69) is 36.1 Å². The van der Waals surface area contributed by atoms with E-state index in [1.165, 1.54) is 18.5 Å². The van der Waals surface area contributed by atoms with Crippen molar-refractivity contribution in [1.29, 1.82) is 0 Å². The molecule has 2 aromatic heterocycles. The van der Waals surface area contributed by atoms with Gasteiger partial charge in [0.1, 0.15) is 11.9 Å². The normalized spacial score (nSPS) is 15.5. The van der Waals surface area contributed by atoms with Gasteiger partial charge in [0.25, 0.3) is 0 Å². The summed E-state index contributed by atoms with van der Waals surface area (Å²) in [5, 5.41) is 10.7. The molecule has 0 bridgehead atoms. The molecule has 3 heterocycles. The van der Waals surface area contributed by atoms with Gasteiger partial charge in [-0.25, -0.2) is 9.37 Å². The molecule has 3 aromatic rings. The molecule has 10 heteroatoms. The molecule has 5 N–H and O–H groups in total. The number of anilines is 2. The number of rotatable bonds is 8. The largest absolute Gasteiger partial charge is 0.486 e. The fourth-order valence-corrected chi connectivity index (χ4v) is 5.29. The first kappa shape index (κ1) is 26.1. The third kappa shape index (κ3) is 5.40.